The Hall–Kier alpha value is -0.610. The molecule has 1 amide bonds. The lowest BCUT2D eigenvalue weighted by atomic mass is 9.81. The van der Waals surface area contributed by atoms with Crippen LogP contribution in [0.15, 0.2) is 0 Å². The van der Waals surface area contributed by atoms with Crippen LogP contribution in [0.1, 0.15) is 65.2 Å². The summed E-state index contributed by atoms with van der Waals surface area (Å²) in [4.78, 5) is 12.3. The Kier molecular flexibility index (Phi) is 6.27. The highest BCUT2D eigenvalue weighted by atomic mass is 16.3. The molecule has 1 rings (SSSR count). The molecule has 1 aliphatic carbocycles. The second-order valence-electron chi connectivity index (χ2n) is 6.01. The second kappa shape index (κ2) is 7.25. The van der Waals surface area contributed by atoms with Crippen LogP contribution in [-0.4, -0.2) is 29.7 Å². The third kappa shape index (κ3) is 4.18. The lowest BCUT2D eigenvalue weighted by Crippen LogP contribution is -2.50. The van der Waals surface area contributed by atoms with E-state index in [-0.39, 0.29) is 5.91 Å². The average molecular weight is 270 g/mol. The summed E-state index contributed by atoms with van der Waals surface area (Å²) < 4.78 is 0. The highest BCUT2D eigenvalue weighted by Crippen LogP contribution is 2.28. The minimum absolute atomic E-state index is 0.00216. The normalized spacial score (nSPS) is 19.8. The van der Waals surface area contributed by atoms with E-state index in [1.165, 1.54) is 12.8 Å². The maximum atomic E-state index is 12.3. The van der Waals surface area contributed by atoms with Gasteiger partial charge in [0.25, 0.3) is 0 Å². The Labute approximate surface area is 117 Å². The summed E-state index contributed by atoms with van der Waals surface area (Å²) >= 11 is 0. The zero-order valence-electron chi connectivity index (χ0n) is 12.5. The molecule has 112 valence electrons. The van der Waals surface area contributed by atoms with E-state index in [1.54, 1.807) is 0 Å². The first-order valence-electron chi connectivity index (χ1n) is 7.73. The van der Waals surface area contributed by atoms with Crippen molar-refractivity contribution >= 4 is 5.91 Å². The van der Waals surface area contributed by atoms with Crippen LogP contribution in [0.4, 0.5) is 0 Å². The van der Waals surface area contributed by atoms with Crippen LogP contribution in [0.3, 0.4) is 0 Å². The van der Waals surface area contributed by atoms with Crippen molar-refractivity contribution in [2.45, 2.75) is 70.8 Å². The molecule has 0 heterocycles. The van der Waals surface area contributed by atoms with Crippen LogP contribution < -0.4 is 11.1 Å². The summed E-state index contributed by atoms with van der Waals surface area (Å²) in [6, 6.07) is 0. The van der Waals surface area contributed by atoms with Gasteiger partial charge in [0.15, 0.2) is 0 Å². The molecule has 0 saturated heterocycles. The maximum absolute atomic E-state index is 12.3. The summed E-state index contributed by atoms with van der Waals surface area (Å²) in [7, 11) is 0. The van der Waals surface area contributed by atoms with E-state index in [9.17, 15) is 9.90 Å². The van der Waals surface area contributed by atoms with E-state index in [0.717, 1.165) is 38.5 Å². The highest BCUT2D eigenvalue weighted by molar-refractivity contribution is 5.82. The fourth-order valence-electron chi connectivity index (χ4n) is 2.95. The van der Waals surface area contributed by atoms with Crippen LogP contribution in [0, 0.1) is 5.41 Å². The van der Waals surface area contributed by atoms with Crippen molar-refractivity contribution in [2.75, 3.05) is 13.1 Å². The molecule has 1 aliphatic rings. The molecule has 0 unspecified atom stereocenters. The van der Waals surface area contributed by atoms with Gasteiger partial charge in [-0.25, -0.2) is 0 Å². The Morgan fingerprint density at radius 1 is 1.21 bits per heavy atom. The molecule has 0 aromatic carbocycles. The number of nitrogens with one attached hydrogen (secondary N) is 1. The van der Waals surface area contributed by atoms with E-state index < -0.39 is 11.0 Å². The van der Waals surface area contributed by atoms with Gasteiger partial charge in [0, 0.05) is 13.1 Å². The molecule has 4 nitrogen and oxygen atoms in total. The number of rotatable bonds is 6. The van der Waals surface area contributed by atoms with Crippen molar-refractivity contribution in [3.8, 4) is 0 Å². The van der Waals surface area contributed by atoms with Gasteiger partial charge in [-0.1, -0.05) is 39.5 Å². The number of amides is 1. The van der Waals surface area contributed by atoms with Gasteiger partial charge < -0.3 is 16.2 Å². The molecular weight excluding hydrogens is 240 g/mol. The van der Waals surface area contributed by atoms with Crippen LogP contribution in [0.25, 0.3) is 0 Å². The van der Waals surface area contributed by atoms with Gasteiger partial charge in [-0.05, 0) is 25.7 Å². The number of aliphatic hydroxyl groups is 1. The van der Waals surface area contributed by atoms with Gasteiger partial charge in [-0.2, -0.15) is 0 Å². The molecule has 0 aromatic heterocycles. The molecule has 0 bridgehead atoms. The van der Waals surface area contributed by atoms with Gasteiger partial charge in [0.05, 0.1) is 11.0 Å². The monoisotopic (exact) mass is 270 g/mol. The van der Waals surface area contributed by atoms with Crippen molar-refractivity contribution < 1.29 is 9.90 Å². The lowest BCUT2D eigenvalue weighted by molar-refractivity contribution is -0.132. The number of carbonyl (C=O) groups excluding carboxylic acids is 1. The minimum atomic E-state index is -0.714. The largest absolute Gasteiger partial charge is 0.388 e. The lowest BCUT2D eigenvalue weighted by Gasteiger charge is -2.32. The Balaban J connectivity index is 2.56. The SMILES string of the molecule is CCC(CC)(CN)C(=O)NCC1(O)CCCCCC1. The molecule has 0 aliphatic heterocycles. The van der Waals surface area contributed by atoms with Crippen molar-refractivity contribution in [2.24, 2.45) is 11.1 Å². The first kappa shape index (κ1) is 16.4. The molecule has 4 heteroatoms. The predicted octanol–water partition coefficient (Wildman–Crippen LogP) is 1.95. The van der Waals surface area contributed by atoms with Gasteiger partial charge in [0.1, 0.15) is 0 Å². The van der Waals surface area contributed by atoms with Crippen LogP contribution in [0.5, 0.6) is 0 Å². The number of hydrogen-bond acceptors (Lipinski definition) is 3. The molecule has 0 aromatic rings. The van der Waals surface area contributed by atoms with Crippen molar-refractivity contribution in [1.82, 2.24) is 5.32 Å². The summed E-state index contributed by atoms with van der Waals surface area (Å²) in [5, 5.41) is 13.5. The Morgan fingerprint density at radius 2 is 1.74 bits per heavy atom. The fourth-order valence-corrected chi connectivity index (χ4v) is 2.95. The van der Waals surface area contributed by atoms with Gasteiger partial charge in [-0.3, -0.25) is 4.79 Å². The predicted molar refractivity (Wildman–Crippen MR) is 77.7 cm³/mol. The third-order valence-corrected chi connectivity index (χ3v) is 4.84. The third-order valence-electron chi connectivity index (χ3n) is 4.84. The quantitative estimate of drug-likeness (QED) is 0.646. The molecule has 19 heavy (non-hydrogen) atoms. The summed E-state index contributed by atoms with van der Waals surface area (Å²) in [6.45, 7) is 4.73. The maximum Gasteiger partial charge on any atom is 0.227 e. The van der Waals surface area contributed by atoms with Crippen molar-refractivity contribution in [3.63, 3.8) is 0 Å². The number of hydrogen-bond donors (Lipinski definition) is 3. The fraction of sp³-hybridized carbons (Fsp3) is 0.933. The van der Waals surface area contributed by atoms with Crippen LogP contribution >= 0.6 is 0 Å². The molecule has 0 atom stereocenters. The van der Waals surface area contributed by atoms with Gasteiger partial charge >= 0.3 is 0 Å². The van der Waals surface area contributed by atoms with Crippen LogP contribution in [0.2, 0.25) is 0 Å². The topological polar surface area (TPSA) is 75.4 Å². The standard InChI is InChI=1S/C15H30N2O2/c1-3-14(4-2,11-16)13(18)17-12-15(19)9-7-5-6-8-10-15/h19H,3-12,16H2,1-2H3,(H,17,18). The van der Waals surface area contributed by atoms with Gasteiger partial charge in [0.2, 0.25) is 5.91 Å². The first-order valence-corrected chi connectivity index (χ1v) is 7.73. The summed E-state index contributed by atoms with van der Waals surface area (Å²) in [5.74, 6) is -0.00216. The van der Waals surface area contributed by atoms with Crippen LogP contribution in [-0.2, 0) is 4.79 Å². The molecule has 1 saturated carbocycles. The van der Waals surface area contributed by atoms with Crippen molar-refractivity contribution in [1.29, 1.82) is 0 Å². The summed E-state index contributed by atoms with van der Waals surface area (Å²) in [6.07, 6.45) is 7.54. The zero-order chi connectivity index (χ0) is 14.4. The highest BCUT2D eigenvalue weighted by Gasteiger charge is 2.35. The molecule has 0 spiro atoms. The van der Waals surface area contributed by atoms with E-state index in [4.69, 9.17) is 5.73 Å². The summed E-state index contributed by atoms with van der Waals surface area (Å²) in [5.41, 5.74) is 4.59. The first-order chi connectivity index (χ1) is 9.02. The molecule has 0 radical (unpaired) electrons. The van der Waals surface area contributed by atoms with E-state index in [2.05, 4.69) is 5.32 Å². The molecule has 4 N–H and O–H groups in total. The Morgan fingerprint density at radius 3 is 2.16 bits per heavy atom. The Bertz CT molecular complexity index is 272. The van der Waals surface area contributed by atoms with E-state index in [0.29, 0.717) is 13.1 Å². The van der Waals surface area contributed by atoms with E-state index >= 15 is 0 Å². The van der Waals surface area contributed by atoms with Gasteiger partial charge in [-0.15, -0.1) is 0 Å². The van der Waals surface area contributed by atoms with Crippen molar-refractivity contribution in [3.05, 3.63) is 0 Å². The minimum Gasteiger partial charge on any atom is -0.388 e. The zero-order valence-corrected chi connectivity index (χ0v) is 12.5. The smallest absolute Gasteiger partial charge is 0.227 e. The average Bonchev–Trinajstić information content (AvgIpc) is 2.64. The van der Waals surface area contributed by atoms with E-state index in [1.807, 2.05) is 13.8 Å². The number of carbonyl (C=O) groups is 1. The molecule has 1 fully saturated rings. The molecular formula is C15H30N2O2. The number of nitrogens with two attached hydrogens (primary N) is 1. The second-order valence-corrected chi connectivity index (χ2v) is 6.01.